The molecule has 2 aromatic carbocycles. The van der Waals surface area contributed by atoms with Crippen molar-refractivity contribution >= 4 is 22.4 Å². The van der Waals surface area contributed by atoms with Crippen LogP contribution in [0.25, 0.3) is 11.3 Å². The third kappa shape index (κ3) is 3.78. The maximum absolute atomic E-state index is 13.0. The second-order valence-corrected chi connectivity index (χ2v) is 5.94. The summed E-state index contributed by atoms with van der Waals surface area (Å²) >= 11 is 1.33. The summed E-state index contributed by atoms with van der Waals surface area (Å²) in [6, 6.07) is 13.5. The first-order chi connectivity index (χ1) is 11.7. The quantitative estimate of drug-likeness (QED) is 0.758. The van der Waals surface area contributed by atoms with E-state index in [1.165, 1.54) is 23.5 Å². The number of carbonyl (C=O) groups is 1. The minimum absolute atomic E-state index is 0.167. The van der Waals surface area contributed by atoms with Crippen LogP contribution in [0.2, 0.25) is 0 Å². The number of amides is 1. The van der Waals surface area contributed by atoms with Crippen molar-refractivity contribution in [2.24, 2.45) is 0 Å². The van der Waals surface area contributed by atoms with Crippen LogP contribution in [0, 0.1) is 5.82 Å². The molecule has 0 saturated carbocycles. The van der Waals surface area contributed by atoms with Gasteiger partial charge in [0.25, 0.3) is 0 Å². The Morgan fingerprint density at radius 1 is 1.21 bits per heavy atom. The van der Waals surface area contributed by atoms with Gasteiger partial charge in [0, 0.05) is 16.5 Å². The summed E-state index contributed by atoms with van der Waals surface area (Å²) in [4.78, 5) is 16.6. The molecule has 0 spiro atoms. The number of halogens is 1. The number of methoxy groups -OCH3 is 1. The Balaban J connectivity index is 1.68. The summed E-state index contributed by atoms with van der Waals surface area (Å²) in [6.07, 6.45) is 0.204. The van der Waals surface area contributed by atoms with E-state index in [2.05, 4.69) is 10.3 Å². The highest BCUT2D eigenvalue weighted by molar-refractivity contribution is 7.14. The van der Waals surface area contributed by atoms with Crippen LogP contribution in [0.3, 0.4) is 0 Å². The number of benzene rings is 2. The molecule has 24 heavy (non-hydrogen) atoms. The van der Waals surface area contributed by atoms with E-state index in [1.807, 2.05) is 29.6 Å². The van der Waals surface area contributed by atoms with E-state index >= 15 is 0 Å². The molecule has 0 aliphatic carbocycles. The fourth-order valence-electron chi connectivity index (χ4n) is 2.27. The molecule has 1 N–H and O–H groups in total. The van der Waals surface area contributed by atoms with Gasteiger partial charge in [-0.15, -0.1) is 11.3 Å². The number of hydrogen-bond acceptors (Lipinski definition) is 4. The summed E-state index contributed by atoms with van der Waals surface area (Å²) in [7, 11) is 1.58. The molecule has 6 heteroatoms. The first kappa shape index (κ1) is 16.1. The van der Waals surface area contributed by atoms with Gasteiger partial charge in [-0.25, -0.2) is 9.37 Å². The predicted molar refractivity (Wildman–Crippen MR) is 92.8 cm³/mol. The molecule has 1 aromatic heterocycles. The van der Waals surface area contributed by atoms with Crippen molar-refractivity contribution in [3.63, 3.8) is 0 Å². The zero-order valence-corrected chi connectivity index (χ0v) is 13.8. The van der Waals surface area contributed by atoms with Gasteiger partial charge in [0.2, 0.25) is 5.91 Å². The van der Waals surface area contributed by atoms with Crippen LogP contribution >= 0.6 is 11.3 Å². The van der Waals surface area contributed by atoms with Crippen molar-refractivity contribution in [1.29, 1.82) is 0 Å². The summed E-state index contributed by atoms with van der Waals surface area (Å²) in [6.45, 7) is 0. The number of aromatic nitrogens is 1. The number of ether oxygens (including phenoxy) is 1. The molecule has 122 valence electrons. The molecule has 1 amide bonds. The average molecular weight is 342 g/mol. The zero-order valence-electron chi connectivity index (χ0n) is 13.0. The van der Waals surface area contributed by atoms with E-state index < -0.39 is 0 Å². The van der Waals surface area contributed by atoms with Crippen molar-refractivity contribution in [2.75, 3.05) is 12.4 Å². The van der Waals surface area contributed by atoms with E-state index in [9.17, 15) is 9.18 Å². The van der Waals surface area contributed by atoms with Gasteiger partial charge in [0.15, 0.2) is 5.13 Å². The third-order valence-electron chi connectivity index (χ3n) is 3.43. The molecule has 0 unspecified atom stereocenters. The van der Waals surface area contributed by atoms with E-state index in [4.69, 9.17) is 4.74 Å². The molecule has 0 saturated heterocycles. The van der Waals surface area contributed by atoms with Gasteiger partial charge in [0.05, 0.1) is 19.2 Å². The SMILES string of the molecule is COc1ccccc1CC(=O)Nc1nc(-c2ccc(F)cc2)cs1. The Bertz CT molecular complexity index is 846. The fraction of sp³-hybridized carbons (Fsp3) is 0.111. The number of rotatable bonds is 5. The average Bonchev–Trinajstić information content (AvgIpc) is 3.04. The summed E-state index contributed by atoms with van der Waals surface area (Å²) in [5.74, 6) is 0.220. The summed E-state index contributed by atoms with van der Waals surface area (Å²) in [5, 5.41) is 5.12. The van der Waals surface area contributed by atoms with Gasteiger partial charge >= 0.3 is 0 Å². The van der Waals surface area contributed by atoms with Crippen LogP contribution < -0.4 is 10.1 Å². The van der Waals surface area contributed by atoms with Gasteiger partial charge < -0.3 is 10.1 Å². The molecule has 0 atom stereocenters. The Morgan fingerprint density at radius 3 is 2.71 bits per heavy atom. The lowest BCUT2D eigenvalue weighted by Gasteiger charge is -2.07. The lowest BCUT2D eigenvalue weighted by molar-refractivity contribution is -0.115. The van der Waals surface area contributed by atoms with E-state index in [-0.39, 0.29) is 18.1 Å². The number of para-hydroxylation sites is 1. The van der Waals surface area contributed by atoms with Crippen LogP contribution in [0.4, 0.5) is 9.52 Å². The Hall–Kier alpha value is -2.73. The first-order valence-corrected chi connectivity index (χ1v) is 8.17. The monoisotopic (exact) mass is 342 g/mol. The number of anilines is 1. The molecule has 0 bridgehead atoms. The Labute approximate surface area is 142 Å². The first-order valence-electron chi connectivity index (χ1n) is 7.29. The van der Waals surface area contributed by atoms with Crippen LogP contribution in [0.5, 0.6) is 5.75 Å². The van der Waals surface area contributed by atoms with Gasteiger partial charge in [-0.2, -0.15) is 0 Å². The minimum atomic E-state index is -0.292. The van der Waals surface area contributed by atoms with Crippen molar-refractivity contribution in [1.82, 2.24) is 4.98 Å². The zero-order chi connectivity index (χ0) is 16.9. The fourth-order valence-corrected chi connectivity index (χ4v) is 3.01. The highest BCUT2D eigenvalue weighted by Gasteiger charge is 2.11. The summed E-state index contributed by atoms with van der Waals surface area (Å²) in [5.41, 5.74) is 2.32. The number of nitrogens with one attached hydrogen (secondary N) is 1. The molecule has 0 aliphatic rings. The molecule has 4 nitrogen and oxygen atoms in total. The standard InChI is InChI=1S/C18H15FN2O2S/c1-23-16-5-3-2-4-13(16)10-17(22)21-18-20-15(11-24-18)12-6-8-14(19)9-7-12/h2-9,11H,10H2,1H3,(H,20,21,22). The molecular formula is C18H15FN2O2S. The van der Waals surface area contributed by atoms with Crippen molar-refractivity contribution in [3.8, 4) is 17.0 Å². The van der Waals surface area contributed by atoms with Gasteiger partial charge in [0.1, 0.15) is 11.6 Å². The van der Waals surface area contributed by atoms with Gasteiger partial charge in [-0.05, 0) is 30.3 Å². The maximum atomic E-state index is 13.0. The lowest BCUT2D eigenvalue weighted by atomic mass is 10.1. The molecule has 3 rings (SSSR count). The number of thiazole rings is 1. The normalized spacial score (nSPS) is 10.4. The van der Waals surface area contributed by atoms with Gasteiger partial charge in [-0.1, -0.05) is 18.2 Å². The van der Waals surface area contributed by atoms with E-state index in [0.29, 0.717) is 16.6 Å². The van der Waals surface area contributed by atoms with Crippen LogP contribution in [0.15, 0.2) is 53.9 Å². The van der Waals surface area contributed by atoms with Crippen molar-refractivity contribution in [2.45, 2.75) is 6.42 Å². The second-order valence-electron chi connectivity index (χ2n) is 5.08. The highest BCUT2D eigenvalue weighted by Crippen LogP contribution is 2.25. The Kier molecular flexibility index (Phi) is 4.86. The number of hydrogen-bond donors (Lipinski definition) is 1. The highest BCUT2D eigenvalue weighted by atomic mass is 32.1. The van der Waals surface area contributed by atoms with Crippen molar-refractivity contribution < 1.29 is 13.9 Å². The van der Waals surface area contributed by atoms with E-state index in [1.54, 1.807) is 19.2 Å². The number of carbonyl (C=O) groups excluding carboxylic acids is 1. The molecule has 1 heterocycles. The lowest BCUT2D eigenvalue weighted by Crippen LogP contribution is -2.14. The van der Waals surface area contributed by atoms with Crippen LogP contribution in [0.1, 0.15) is 5.56 Å². The Morgan fingerprint density at radius 2 is 1.96 bits per heavy atom. The maximum Gasteiger partial charge on any atom is 0.230 e. The minimum Gasteiger partial charge on any atom is -0.496 e. The van der Waals surface area contributed by atoms with Crippen LogP contribution in [-0.2, 0) is 11.2 Å². The second kappa shape index (κ2) is 7.23. The van der Waals surface area contributed by atoms with E-state index in [0.717, 1.165) is 11.1 Å². The topological polar surface area (TPSA) is 51.2 Å². The molecule has 0 radical (unpaired) electrons. The molecule has 3 aromatic rings. The molecule has 0 aliphatic heterocycles. The largest absolute Gasteiger partial charge is 0.496 e. The van der Waals surface area contributed by atoms with Crippen LogP contribution in [-0.4, -0.2) is 18.0 Å². The summed E-state index contributed by atoms with van der Waals surface area (Å²) < 4.78 is 18.2. The smallest absolute Gasteiger partial charge is 0.230 e. The van der Waals surface area contributed by atoms with Gasteiger partial charge in [-0.3, -0.25) is 4.79 Å². The van der Waals surface area contributed by atoms with Crippen molar-refractivity contribution in [3.05, 3.63) is 65.3 Å². The number of nitrogens with zero attached hydrogens (tertiary/aromatic N) is 1. The molecule has 0 fully saturated rings. The third-order valence-corrected chi connectivity index (χ3v) is 4.19. The predicted octanol–water partition coefficient (Wildman–Crippen LogP) is 4.14. The molecular weight excluding hydrogens is 327 g/mol.